The number of carbonyl (C=O) groups is 1. The van der Waals surface area contributed by atoms with Gasteiger partial charge in [-0.1, -0.05) is 17.7 Å². The first-order valence-corrected chi connectivity index (χ1v) is 4.62. The topological polar surface area (TPSA) is 57.5 Å². The van der Waals surface area contributed by atoms with Crippen LogP contribution in [0.4, 0.5) is 0 Å². The summed E-state index contributed by atoms with van der Waals surface area (Å²) in [7, 11) is 0. The molecule has 14 heavy (non-hydrogen) atoms. The molecule has 1 aromatic rings. The highest BCUT2D eigenvalue weighted by molar-refractivity contribution is 5.75. The van der Waals surface area contributed by atoms with Crippen LogP contribution >= 0.6 is 0 Å². The van der Waals surface area contributed by atoms with Crippen LogP contribution in [0.5, 0.6) is 5.75 Å². The van der Waals surface area contributed by atoms with Gasteiger partial charge in [-0.25, -0.2) is 0 Å². The number of phenolic OH excluding ortho intramolecular Hbond substituents is 1. The second-order valence-corrected chi connectivity index (χ2v) is 3.85. The van der Waals surface area contributed by atoms with Gasteiger partial charge in [-0.05, 0) is 25.0 Å². The third-order valence-electron chi connectivity index (χ3n) is 2.69. The summed E-state index contributed by atoms with van der Waals surface area (Å²) in [5.41, 5.74) is 1.83. The number of carboxylic acid groups (broad SMARTS) is 1. The molecule has 1 saturated carbocycles. The zero-order valence-electron chi connectivity index (χ0n) is 7.90. The van der Waals surface area contributed by atoms with Crippen molar-refractivity contribution in [1.29, 1.82) is 0 Å². The standard InChI is InChI=1S/C11H12O3/c1-6-2-3-10(12)8(4-6)7-5-9(7)11(13)14/h2-4,7,9,12H,5H2,1H3,(H,13,14)/t7-,9+/m0/s1. The van der Waals surface area contributed by atoms with E-state index in [2.05, 4.69) is 0 Å². The predicted molar refractivity (Wildman–Crippen MR) is 51.3 cm³/mol. The van der Waals surface area contributed by atoms with Gasteiger partial charge in [0.2, 0.25) is 0 Å². The molecule has 0 bridgehead atoms. The maximum absolute atomic E-state index is 10.7. The van der Waals surface area contributed by atoms with Crippen molar-refractivity contribution in [3.8, 4) is 5.75 Å². The van der Waals surface area contributed by atoms with E-state index in [-0.39, 0.29) is 17.6 Å². The Balaban J connectivity index is 2.26. The van der Waals surface area contributed by atoms with Gasteiger partial charge in [-0.3, -0.25) is 4.79 Å². The monoisotopic (exact) mass is 192 g/mol. The van der Waals surface area contributed by atoms with Crippen molar-refractivity contribution in [3.05, 3.63) is 29.3 Å². The summed E-state index contributed by atoms with van der Waals surface area (Å²) in [5.74, 6) is -0.852. The Labute approximate surface area is 82.0 Å². The Morgan fingerprint density at radius 2 is 2.21 bits per heavy atom. The van der Waals surface area contributed by atoms with Gasteiger partial charge in [0.15, 0.2) is 0 Å². The van der Waals surface area contributed by atoms with Gasteiger partial charge < -0.3 is 10.2 Å². The minimum absolute atomic E-state index is 0.00685. The minimum atomic E-state index is -0.768. The van der Waals surface area contributed by atoms with E-state index >= 15 is 0 Å². The minimum Gasteiger partial charge on any atom is -0.508 e. The molecule has 3 heteroatoms. The Morgan fingerprint density at radius 3 is 2.79 bits per heavy atom. The van der Waals surface area contributed by atoms with Crippen molar-refractivity contribution in [3.63, 3.8) is 0 Å². The van der Waals surface area contributed by atoms with Crippen molar-refractivity contribution in [2.45, 2.75) is 19.3 Å². The number of benzene rings is 1. The molecule has 0 aliphatic heterocycles. The molecule has 1 fully saturated rings. The van der Waals surface area contributed by atoms with Gasteiger partial charge in [0.05, 0.1) is 5.92 Å². The molecule has 0 heterocycles. The molecule has 1 aliphatic rings. The van der Waals surface area contributed by atoms with E-state index in [0.29, 0.717) is 6.42 Å². The predicted octanol–water partition coefficient (Wildman–Crippen LogP) is 1.89. The van der Waals surface area contributed by atoms with Crippen molar-refractivity contribution >= 4 is 5.97 Å². The molecule has 0 aromatic heterocycles. The summed E-state index contributed by atoms with van der Waals surface area (Å²) < 4.78 is 0. The molecule has 0 unspecified atom stereocenters. The van der Waals surface area contributed by atoms with Crippen LogP contribution in [0.3, 0.4) is 0 Å². The van der Waals surface area contributed by atoms with Crippen molar-refractivity contribution < 1.29 is 15.0 Å². The largest absolute Gasteiger partial charge is 0.508 e. The molecule has 1 aliphatic carbocycles. The van der Waals surface area contributed by atoms with E-state index in [1.165, 1.54) is 0 Å². The lowest BCUT2D eigenvalue weighted by molar-refractivity contribution is -0.138. The van der Waals surface area contributed by atoms with Gasteiger partial charge >= 0.3 is 5.97 Å². The molecule has 2 N–H and O–H groups in total. The lowest BCUT2D eigenvalue weighted by Gasteiger charge is -2.03. The lowest BCUT2D eigenvalue weighted by Crippen LogP contribution is -1.99. The fourth-order valence-corrected chi connectivity index (χ4v) is 1.78. The van der Waals surface area contributed by atoms with E-state index in [1.807, 2.05) is 19.1 Å². The maximum atomic E-state index is 10.7. The number of rotatable bonds is 2. The van der Waals surface area contributed by atoms with Gasteiger partial charge in [-0.15, -0.1) is 0 Å². The smallest absolute Gasteiger partial charge is 0.307 e. The van der Waals surface area contributed by atoms with Gasteiger partial charge in [0.1, 0.15) is 5.75 Å². The summed E-state index contributed by atoms with van der Waals surface area (Å²) in [4.78, 5) is 10.7. The summed E-state index contributed by atoms with van der Waals surface area (Å²) in [6.07, 6.45) is 0.645. The van der Waals surface area contributed by atoms with Gasteiger partial charge in [0.25, 0.3) is 0 Å². The summed E-state index contributed by atoms with van der Waals surface area (Å²) in [6.45, 7) is 1.93. The number of hydrogen-bond acceptors (Lipinski definition) is 2. The Hall–Kier alpha value is -1.51. The second kappa shape index (κ2) is 3.01. The molecular weight excluding hydrogens is 180 g/mol. The summed E-state index contributed by atoms with van der Waals surface area (Å²) in [5, 5.41) is 18.3. The molecule has 0 spiro atoms. The number of hydrogen-bond donors (Lipinski definition) is 2. The molecule has 3 nitrogen and oxygen atoms in total. The Morgan fingerprint density at radius 1 is 1.50 bits per heavy atom. The zero-order valence-corrected chi connectivity index (χ0v) is 7.90. The number of carboxylic acids is 1. The summed E-state index contributed by atoms with van der Waals surface area (Å²) in [6, 6.07) is 5.31. The first-order chi connectivity index (χ1) is 6.59. The van der Waals surface area contributed by atoms with Crippen LogP contribution in [0.15, 0.2) is 18.2 Å². The van der Waals surface area contributed by atoms with Gasteiger partial charge in [0, 0.05) is 5.92 Å². The first-order valence-electron chi connectivity index (χ1n) is 4.62. The Bertz CT molecular complexity index is 384. The van der Waals surface area contributed by atoms with E-state index < -0.39 is 5.97 Å². The second-order valence-electron chi connectivity index (χ2n) is 3.85. The van der Waals surface area contributed by atoms with E-state index in [9.17, 15) is 9.90 Å². The SMILES string of the molecule is Cc1ccc(O)c([C@@H]2C[C@H]2C(=O)O)c1. The average Bonchev–Trinajstić information content (AvgIpc) is 2.88. The highest BCUT2D eigenvalue weighted by Gasteiger charge is 2.45. The molecule has 2 atom stereocenters. The first kappa shape index (κ1) is 9.06. The fourth-order valence-electron chi connectivity index (χ4n) is 1.78. The zero-order chi connectivity index (χ0) is 10.3. The van der Waals surface area contributed by atoms with Gasteiger partial charge in [-0.2, -0.15) is 0 Å². The van der Waals surface area contributed by atoms with Crippen LogP contribution in [0.1, 0.15) is 23.5 Å². The highest BCUT2D eigenvalue weighted by Crippen LogP contribution is 2.50. The number of aliphatic carboxylic acids is 1. The lowest BCUT2D eigenvalue weighted by atomic mass is 10.1. The molecular formula is C11H12O3. The number of aryl methyl sites for hydroxylation is 1. The molecule has 74 valence electrons. The molecule has 0 amide bonds. The van der Waals surface area contributed by atoms with Crippen LogP contribution in [-0.4, -0.2) is 16.2 Å². The van der Waals surface area contributed by atoms with E-state index in [4.69, 9.17) is 5.11 Å². The van der Waals surface area contributed by atoms with Crippen molar-refractivity contribution in [2.24, 2.45) is 5.92 Å². The highest BCUT2D eigenvalue weighted by atomic mass is 16.4. The van der Waals surface area contributed by atoms with Crippen LogP contribution < -0.4 is 0 Å². The quantitative estimate of drug-likeness (QED) is 0.752. The normalized spacial score (nSPS) is 24.6. The van der Waals surface area contributed by atoms with Crippen LogP contribution in [-0.2, 0) is 4.79 Å². The van der Waals surface area contributed by atoms with Crippen molar-refractivity contribution in [1.82, 2.24) is 0 Å². The molecule has 1 aromatic carbocycles. The van der Waals surface area contributed by atoms with Crippen LogP contribution in [0.25, 0.3) is 0 Å². The third kappa shape index (κ3) is 1.45. The molecule has 0 radical (unpaired) electrons. The summed E-state index contributed by atoms with van der Waals surface area (Å²) >= 11 is 0. The fraction of sp³-hybridized carbons (Fsp3) is 0.364. The average molecular weight is 192 g/mol. The number of phenols is 1. The Kier molecular flexibility index (Phi) is 1.95. The van der Waals surface area contributed by atoms with Crippen LogP contribution in [0, 0.1) is 12.8 Å². The maximum Gasteiger partial charge on any atom is 0.307 e. The third-order valence-corrected chi connectivity index (χ3v) is 2.69. The van der Waals surface area contributed by atoms with Crippen LogP contribution in [0.2, 0.25) is 0 Å². The molecule has 0 saturated heterocycles. The van der Waals surface area contributed by atoms with Crippen molar-refractivity contribution in [2.75, 3.05) is 0 Å². The molecule has 2 rings (SSSR count). The van der Waals surface area contributed by atoms with E-state index in [1.54, 1.807) is 6.07 Å². The van der Waals surface area contributed by atoms with E-state index in [0.717, 1.165) is 11.1 Å². The number of aromatic hydroxyl groups is 1.